The lowest BCUT2D eigenvalue weighted by Crippen LogP contribution is -2.52. The number of amides is 4. The van der Waals surface area contributed by atoms with Gasteiger partial charge in [0.15, 0.2) is 0 Å². The van der Waals surface area contributed by atoms with E-state index in [1.165, 1.54) is 103 Å². The number of rotatable bonds is 5. The zero-order valence-corrected chi connectivity index (χ0v) is 24.1. The molecule has 2 saturated carbocycles. The van der Waals surface area contributed by atoms with E-state index in [4.69, 9.17) is 0 Å². The molecule has 7 heteroatoms. The van der Waals surface area contributed by atoms with Crippen LogP contribution in [0.1, 0.15) is 142 Å². The highest BCUT2D eigenvalue weighted by Crippen LogP contribution is 2.34. The second kappa shape index (κ2) is 13.8. The van der Waals surface area contributed by atoms with E-state index in [-0.39, 0.29) is 36.7 Å². The summed E-state index contributed by atoms with van der Waals surface area (Å²) >= 11 is 0. The number of nitrogens with zero attached hydrogens (tertiary/aromatic N) is 1. The molecule has 0 aromatic heterocycles. The van der Waals surface area contributed by atoms with Crippen LogP contribution in [0.15, 0.2) is 18.2 Å². The number of carbonyl (C=O) groups is 4. The minimum atomic E-state index is -0.647. The quantitative estimate of drug-likeness (QED) is 0.437. The molecule has 2 heterocycles. The van der Waals surface area contributed by atoms with Gasteiger partial charge in [0.25, 0.3) is 11.8 Å². The fourth-order valence-electron chi connectivity index (χ4n) is 7.62. The highest BCUT2D eigenvalue weighted by atomic mass is 16.2. The van der Waals surface area contributed by atoms with Crippen molar-refractivity contribution < 1.29 is 19.2 Å². The summed E-state index contributed by atoms with van der Waals surface area (Å²) in [5.74, 6) is 0.0905. The third-order valence-corrected chi connectivity index (χ3v) is 9.90. The predicted molar refractivity (Wildman–Crippen MR) is 155 cm³/mol. The number of hydrogen-bond donors (Lipinski definition) is 2. The van der Waals surface area contributed by atoms with E-state index < -0.39 is 11.9 Å². The van der Waals surface area contributed by atoms with Crippen molar-refractivity contribution in [3.8, 4) is 0 Å². The summed E-state index contributed by atoms with van der Waals surface area (Å²) in [6, 6.07) is 4.90. The molecule has 2 atom stereocenters. The van der Waals surface area contributed by atoms with Crippen LogP contribution in [0, 0.1) is 11.8 Å². The Kier molecular flexibility index (Phi) is 9.92. The van der Waals surface area contributed by atoms with Crippen LogP contribution in [-0.2, 0) is 16.1 Å². The van der Waals surface area contributed by atoms with Gasteiger partial charge in [-0.05, 0) is 67.7 Å². The summed E-state index contributed by atoms with van der Waals surface area (Å²) in [6.07, 6.45) is 20.9. The summed E-state index contributed by atoms with van der Waals surface area (Å²) < 4.78 is 0. The molecule has 2 aliphatic heterocycles. The molecule has 0 bridgehead atoms. The molecule has 2 aliphatic carbocycles. The summed E-state index contributed by atoms with van der Waals surface area (Å²) in [5, 5.41) is 5.91. The molecular weight excluding hydrogens is 502 g/mol. The molecule has 40 heavy (non-hydrogen) atoms. The first-order valence-electron chi connectivity index (χ1n) is 16.1. The molecule has 1 saturated heterocycles. The smallest absolute Gasteiger partial charge is 0.255 e. The number of piperidine rings is 1. The van der Waals surface area contributed by atoms with E-state index in [0.717, 1.165) is 5.56 Å². The standard InChI is InChI=1S/C33H47N3O4/c37-29-20-19-28(32(39)34-29)36-22-26-21-25(17-18-27(26)33(36)40)31(38)35-30(24-15-11-7-4-8-12-16-24)23-13-9-5-2-1-3-6-10-14-23/h17-18,21,23-24,28,30H,1-16,19-20,22H2,(H,35,38)(H,34,37,39)/t28?,30-/m1/s1. The van der Waals surface area contributed by atoms with Crippen LogP contribution in [0.4, 0.5) is 0 Å². The van der Waals surface area contributed by atoms with Crippen LogP contribution in [-0.4, -0.2) is 40.6 Å². The molecule has 3 fully saturated rings. The van der Waals surface area contributed by atoms with Crippen molar-refractivity contribution in [2.75, 3.05) is 0 Å². The molecule has 1 aromatic rings. The first-order chi connectivity index (χ1) is 19.5. The van der Waals surface area contributed by atoms with Gasteiger partial charge in [0.2, 0.25) is 11.8 Å². The van der Waals surface area contributed by atoms with Crippen molar-refractivity contribution in [3.63, 3.8) is 0 Å². The monoisotopic (exact) mass is 549 g/mol. The average Bonchev–Trinajstić information content (AvgIpc) is 3.25. The number of fused-ring (bicyclic) bond motifs is 1. The number of imide groups is 1. The van der Waals surface area contributed by atoms with Gasteiger partial charge >= 0.3 is 0 Å². The Balaban J connectivity index is 1.32. The number of benzene rings is 1. The Labute approximate surface area is 239 Å². The zero-order valence-electron chi connectivity index (χ0n) is 24.1. The van der Waals surface area contributed by atoms with Crippen molar-refractivity contribution in [3.05, 3.63) is 34.9 Å². The lowest BCUT2D eigenvalue weighted by atomic mass is 9.76. The minimum absolute atomic E-state index is 0.0427. The van der Waals surface area contributed by atoms with Crippen LogP contribution in [0.5, 0.6) is 0 Å². The van der Waals surface area contributed by atoms with E-state index in [1.807, 2.05) is 6.07 Å². The summed E-state index contributed by atoms with van der Waals surface area (Å²) in [7, 11) is 0. The number of carbonyl (C=O) groups excluding carboxylic acids is 4. The van der Waals surface area contributed by atoms with Gasteiger partial charge in [-0.15, -0.1) is 0 Å². The predicted octanol–water partition coefficient (Wildman–Crippen LogP) is 6.05. The first kappa shape index (κ1) is 28.8. The first-order valence-corrected chi connectivity index (χ1v) is 16.1. The largest absolute Gasteiger partial charge is 0.349 e. The second-order valence-electron chi connectivity index (χ2n) is 12.7. The van der Waals surface area contributed by atoms with Crippen molar-refractivity contribution in [2.24, 2.45) is 11.8 Å². The topological polar surface area (TPSA) is 95.6 Å². The molecular formula is C33H47N3O4. The van der Waals surface area contributed by atoms with Gasteiger partial charge in [-0.25, -0.2) is 0 Å². The summed E-state index contributed by atoms with van der Waals surface area (Å²) in [6.45, 7) is 0.288. The zero-order chi connectivity index (χ0) is 27.9. The van der Waals surface area contributed by atoms with E-state index in [2.05, 4.69) is 10.6 Å². The Morgan fingerprint density at radius 2 is 1.32 bits per heavy atom. The fourth-order valence-corrected chi connectivity index (χ4v) is 7.62. The Morgan fingerprint density at radius 1 is 0.775 bits per heavy atom. The van der Waals surface area contributed by atoms with Crippen LogP contribution >= 0.6 is 0 Å². The van der Waals surface area contributed by atoms with Crippen molar-refractivity contribution in [1.29, 1.82) is 0 Å². The minimum Gasteiger partial charge on any atom is -0.349 e. The number of hydrogen-bond acceptors (Lipinski definition) is 4. The van der Waals surface area contributed by atoms with Gasteiger partial charge < -0.3 is 10.2 Å². The Bertz CT molecular complexity index is 1070. The fraction of sp³-hybridized carbons (Fsp3) is 0.697. The van der Waals surface area contributed by atoms with Gasteiger partial charge in [-0.3, -0.25) is 24.5 Å². The third-order valence-electron chi connectivity index (χ3n) is 9.90. The Hall–Kier alpha value is -2.70. The van der Waals surface area contributed by atoms with Gasteiger partial charge in [-0.1, -0.05) is 77.0 Å². The second-order valence-corrected chi connectivity index (χ2v) is 12.7. The van der Waals surface area contributed by atoms with Crippen molar-refractivity contribution in [2.45, 2.75) is 134 Å². The summed E-state index contributed by atoms with van der Waals surface area (Å²) in [4.78, 5) is 52.5. The van der Waals surface area contributed by atoms with E-state index >= 15 is 0 Å². The van der Waals surface area contributed by atoms with Gasteiger partial charge in [-0.2, -0.15) is 0 Å². The molecule has 1 unspecified atom stereocenters. The van der Waals surface area contributed by atoms with Crippen molar-refractivity contribution >= 4 is 23.6 Å². The highest BCUT2D eigenvalue weighted by molar-refractivity contribution is 6.06. The van der Waals surface area contributed by atoms with E-state index in [1.54, 1.807) is 17.0 Å². The van der Waals surface area contributed by atoms with Crippen LogP contribution in [0.3, 0.4) is 0 Å². The maximum absolute atomic E-state index is 13.8. The molecule has 1 aromatic carbocycles. The summed E-state index contributed by atoms with van der Waals surface area (Å²) in [5.41, 5.74) is 1.92. The van der Waals surface area contributed by atoms with Crippen LogP contribution in [0.2, 0.25) is 0 Å². The number of nitrogens with one attached hydrogen (secondary N) is 2. The highest BCUT2D eigenvalue weighted by Gasteiger charge is 2.39. The van der Waals surface area contributed by atoms with Crippen LogP contribution < -0.4 is 10.6 Å². The SMILES string of the molecule is O=C1CCC(N2Cc3cc(C(=O)N[C@H](C4CCCCCCCCC4)C4CCCCCCC4)ccc3C2=O)C(=O)N1. The lowest BCUT2D eigenvalue weighted by Gasteiger charge is -2.36. The average molecular weight is 550 g/mol. The van der Waals surface area contributed by atoms with Gasteiger partial charge in [0.1, 0.15) is 6.04 Å². The maximum Gasteiger partial charge on any atom is 0.255 e. The molecule has 7 nitrogen and oxygen atoms in total. The molecule has 4 amide bonds. The molecule has 5 rings (SSSR count). The van der Waals surface area contributed by atoms with E-state index in [0.29, 0.717) is 29.4 Å². The van der Waals surface area contributed by atoms with Crippen molar-refractivity contribution in [1.82, 2.24) is 15.5 Å². The third kappa shape index (κ3) is 6.95. The van der Waals surface area contributed by atoms with E-state index in [9.17, 15) is 19.2 Å². The molecule has 218 valence electrons. The molecule has 2 N–H and O–H groups in total. The molecule has 0 radical (unpaired) electrons. The van der Waals surface area contributed by atoms with Gasteiger partial charge in [0.05, 0.1) is 0 Å². The normalized spacial score (nSPS) is 24.9. The Morgan fingerprint density at radius 3 is 1.88 bits per heavy atom. The maximum atomic E-state index is 13.8. The lowest BCUT2D eigenvalue weighted by molar-refractivity contribution is -0.136. The molecule has 0 spiro atoms. The van der Waals surface area contributed by atoms with Gasteiger partial charge in [0, 0.05) is 30.1 Å². The molecule has 4 aliphatic rings. The van der Waals surface area contributed by atoms with Crippen LogP contribution in [0.25, 0.3) is 0 Å².